The lowest BCUT2D eigenvalue weighted by atomic mass is 10.1. The number of hydrogen-bond acceptors (Lipinski definition) is 3. The molecule has 2 aromatic carbocycles. The summed E-state index contributed by atoms with van der Waals surface area (Å²) in [5.41, 5.74) is 8.74. The summed E-state index contributed by atoms with van der Waals surface area (Å²) in [5, 5.41) is 3.94. The van der Waals surface area contributed by atoms with Gasteiger partial charge in [0.2, 0.25) is 0 Å². The Bertz CT molecular complexity index is 616. The highest BCUT2D eigenvalue weighted by molar-refractivity contribution is 5.99. The van der Waals surface area contributed by atoms with Gasteiger partial charge in [-0.15, -0.1) is 0 Å². The number of hydrogen-bond donors (Lipinski definition) is 1. The summed E-state index contributed by atoms with van der Waals surface area (Å²) < 4.78 is 0. The molecule has 0 radical (unpaired) electrons. The second kappa shape index (κ2) is 6.52. The molecule has 0 heterocycles. The zero-order valence-corrected chi connectivity index (χ0v) is 11.6. The number of rotatable bonds is 3. The third kappa shape index (κ3) is 3.45. The van der Waals surface area contributed by atoms with Crippen LogP contribution in [0.2, 0.25) is 0 Å². The van der Waals surface area contributed by atoms with Crippen molar-refractivity contribution in [3.05, 3.63) is 71.3 Å². The number of nitrogens with two attached hydrogens (primary N) is 1. The van der Waals surface area contributed by atoms with Gasteiger partial charge in [-0.25, -0.2) is 0 Å². The van der Waals surface area contributed by atoms with Gasteiger partial charge in [0.1, 0.15) is 0 Å². The highest BCUT2D eigenvalue weighted by atomic mass is 16.6. The first-order valence-corrected chi connectivity index (χ1v) is 6.30. The highest BCUT2D eigenvalue weighted by Gasteiger charge is 2.04. The molecule has 0 saturated carbocycles. The average molecular weight is 267 g/mol. The minimum atomic E-state index is 0.321. The van der Waals surface area contributed by atoms with E-state index in [1.165, 1.54) is 5.56 Å². The Morgan fingerprint density at radius 1 is 0.950 bits per heavy atom. The molecule has 2 N–H and O–H groups in total. The van der Waals surface area contributed by atoms with Gasteiger partial charge in [0.05, 0.1) is 0 Å². The largest absolute Gasteiger partial charge is 0.380 e. The molecule has 2 rings (SSSR count). The van der Waals surface area contributed by atoms with Gasteiger partial charge in [-0.2, -0.15) is 0 Å². The van der Waals surface area contributed by atoms with Crippen LogP contribution in [-0.4, -0.2) is 18.8 Å². The second-order valence-corrected chi connectivity index (χ2v) is 4.33. The summed E-state index contributed by atoms with van der Waals surface area (Å²) in [6.45, 7) is 2.02. The number of nitrogens with zero attached hydrogens (tertiary/aromatic N) is 2. The molecule has 2 aromatic rings. The number of oxime groups is 1. The molecular weight excluding hydrogens is 250 g/mol. The molecule has 0 amide bonds. The van der Waals surface area contributed by atoms with Gasteiger partial charge >= 0.3 is 0 Å². The van der Waals surface area contributed by atoms with Crippen LogP contribution in [0.25, 0.3) is 0 Å². The molecule has 0 aliphatic rings. The van der Waals surface area contributed by atoms with Crippen LogP contribution in [0.5, 0.6) is 0 Å². The van der Waals surface area contributed by atoms with Gasteiger partial charge in [0.15, 0.2) is 5.84 Å². The quantitative estimate of drug-likeness (QED) is 0.528. The van der Waals surface area contributed by atoms with Gasteiger partial charge < -0.3 is 10.6 Å². The second-order valence-electron chi connectivity index (χ2n) is 4.33. The van der Waals surface area contributed by atoms with Crippen LogP contribution in [-0.2, 0) is 4.84 Å². The van der Waals surface area contributed by atoms with E-state index in [0.29, 0.717) is 11.7 Å². The molecule has 0 saturated heterocycles. The maximum absolute atomic E-state index is 5.90. The summed E-state index contributed by atoms with van der Waals surface area (Å²) in [7, 11) is 1.65. The lowest BCUT2D eigenvalue weighted by molar-refractivity contribution is 0.328. The minimum Gasteiger partial charge on any atom is -0.380 e. The summed E-state index contributed by atoms with van der Waals surface area (Å²) in [4.78, 5) is 9.41. The molecule has 0 atom stereocenters. The molecule has 4 nitrogen and oxygen atoms in total. The van der Waals surface area contributed by atoms with Gasteiger partial charge in [-0.3, -0.25) is 4.99 Å². The molecule has 4 heteroatoms. The molecule has 0 aliphatic carbocycles. The van der Waals surface area contributed by atoms with Crippen LogP contribution in [0.4, 0.5) is 0 Å². The Morgan fingerprint density at radius 2 is 1.60 bits per heavy atom. The summed E-state index contributed by atoms with van der Waals surface area (Å²) in [5.74, 6) is 0.753. The molecule has 0 aliphatic heterocycles. The number of amidine groups is 1. The van der Waals surface area contributed by atoms with Crippen molar-refractivity contribution in [2.75, 3.05) is 7.05 Å². The van der Waals surface area contributed by atoms with Crippen molar-refractivity contribution in [1.82, 2.24) is 0 Å². The molecule has 0 spiro atoms. The SMILES string of the molecule is CN=C(O/N=C(\N)c1ccc(C)cc1)c1ccccc1. The topological polar surface area (TPSA) is 60.0 Å². The van der Waals surface area contributed by atoms with E-state index in [1.807, 2.05) is 61.5 Å². The van der Waals surface area contributed by atoms with Crippen molar-refractivity contribution in [3.8, 4) is 0 Å². The summed E-state index contributed by atoms with van der Waals surface area (Å²) >= 11 is 0. The third-order valence-corrected chi connectivity index (χ3v) is 2.80. The minimum absolute atomic E-state index is 0.321. The van der Waals surface area contributed by atoms with Crippen LogP contribution < -0.4 is 5.73 Å². The van der Waals surface area contributed by atoms with Gasteiger partial charge in [0.25, 0.3) is 5.90 Å². The number of aryl methyl sites for hydroxylation is 1. The molecule has 0 bridgehead atoms. The van der Waals surface area contributed by atoms with Gasteiger partial charge in [-0.05, 0) is 19.1 Å². The Labute approximate surface area is 118 Å². The number of aliphatic imine (C=N–C) groups is 1. The first kappa shape index (κ1) is 13.8. The summed E-state index contributed by atoms with van der Waals surface area (Å²) in [6.07, 6.45) is 0. The van der Waals surface area contributed by atoms with Crippen LogP contribution >= 0.6 is 0 Å². The average Bonchev–Trinajstić information content (AvgIpc) is 2.49. The van der Waals surface area contributed by atoms with E-state index >= 15 is 0 Å². The molecule has 20 heavy (non-hydrogen) atoms. The van der Waals surface area contributed by atoms with E-state index in [-0.39, 0.29) is 0 Å². The van der Waals surface area contributed by atoms with Crippen LogP contribution in [0.3, 0.4) is 0 Å². The van der Waals surface area contributed by atoms with Crippen LogP contribution in [0.15, 0.2) is 64.7 Å². The van der Waals surface area contributed by atoms with Crippen molar-refractivity contribution in [2.24, 2.45) is 15.9 Å². The Balaban J connectivity index is 2.13. The first-order valence-electron chi connectivity index (χ1n) is 6.30. The standard InChI is InChI=1S/C16H17N3O/c1-12-8-10-13(11-9-12)15(17)19-20-16(18-2)14-6-4-3-5-7-14/h3-11H,1-2H3,(H2,17,19). The highest BCUT2D eigenvalue weighted by Crippen LogP contribution is 2.05. The fourth-order valence-corrected chi connectivity index (χ4v) is 1.67. The maximum Gasteiger partial charge on any atom is 0.251 e. The van der Waals surface area contributed by atoms with Crippen LogP contribution in [0.1, 0.15) is 16.7 Å². The maximum atomic E-state index is 5.90. The fraction of sp³-hybridized carbons (Fsp3) is 0.125. The third-order valence-electron chi connectivity index (χ3n) is 2.80. The Hall–Kier alpha value is -2.62. The summed E-state index contributed by atoms with van der Waals surface area (Å²) in [6, 6.07) is 17.3. The van der Waals surface area contributed by atoms with Crippen molar-refractivity contribution in [2.45, 2.75) is 6.92 Å². The smallest absolute Gasteiger partial charge is 0.251 e. The molecule has 102 valence electrons. The normalized spacial score (nSPS) is 12.3. The Kier molecular flexibility index (Phi) is 4.50. The lowest BCUT2D eigenvalue weighted by Crippen LogP contribution is -2.15. The molecular formula is C16H17N3O. The predicted octanol–water partition coefficient (Wildman–Crippen LogP) is 2.71. The molecule has 0 aromatic heterocycles. The van der Waals surface area contributed by atoms with Crippen molar-refractivity contribution < 1.29 is 4.84 Å². The Morgan fingerprint density at radius 3 is 2.20 bits per heavy atom. The van der Waals surface area contributed by atoms with E-state index in [4.69, 9.17) is 10.6 Å². The van der Waals surface area contributed by atoms with E-state index < -0.39 is 0 Å². The zero-order valence-electron chi connectivity index (χ0n) is 11.6. The lowest BCUT2D eigenvalue weighted by Gasteiger charge is -2.04. The van der Waals surface area contributed by atoms with Crippen LogP contribution in [0, 0.1) is 6.92 Å². The van der Waals surface area contributed by atoms with Crippen molar-refractivity contribution >= 4 is 11.7 Å². The van der Waals surface area contributed by atoms with Crippen molar-refractivity contribution in [1.29, 1.82) is 0 Å². The van der Waals surface area contributed by atoms with Gasteiger partial charge in [-0.1, -0.05) is 53.2 Å². The van der Waals surface area contributed by atoms with Gasteiger partial charge in [0, 0.05) is 18.2 Å². The van der Waals surface area contributed by atoms with E-state index in [0.717, 1.165) is 11.1 Å². The zero-order chi connectivity index (χ0) is 14.4. The number of benzene rings is 2. The first-order chi connectivity index (χ1) is 9.70. The van der Waals surface area contributed by atoms with E-state index in [9.17, 15) is 0 Å². The predicted molar refractivity (Wildman–Crippen MR) is 81.9 cm³/mol. The molecule has 0 unspecified atom stereocenters. The van der Waals surface area contributed by atoms with Crippen molar-refractivity contribution in [3.63, 3.8) is 0 Å². The van der Waals surface area contributed by atoms with E-state index in [2.05, 4.69) is 10.1 Å². The molecule has 0 fully saturated rings. The van der Waals surface area contributed by atoms with E-state index in [1.54, 1.807) is 7.05 Å². The fourth-order valence-electron chi connectivity index (χ4n) is 1.67. The monoisotopic (exact) mass is 267 g/mol.